The number of halogens is 1. The van der Waals surface area contributed by atoms with E-state index in [1.54, 1.807) is 0 Å². The molecule has 0 aromatic heterocycles. The molecular formula is C18H18FNO3. The zero-order valence-electron chi connectivity index (χ0n) is 13.0. The van der Waals surface area contributed by atoms with E-state index in [1.165, 1.54) is 12.1 Å². The lowest BCUT2D eigenvalue weighted by Gasteiger charge is -2.15. The van der Waals surface area contributed by atoms with Gasteiger partial charge in [0.2, 0.25) is 0 Å². The SMILES string of the molecule is Cc1ccc(C[C@@H](NC(=O)c2ccc(F)cc2)C(=O)O)cc1C. The fraction of sp³-hybridized carbons (Fsp3) is 0.222. The summed E-state index contributed by atoms with van der Waals surface area (Å²) in [7, 11) is 0. The van der Waals surface area contributed by atoms with Crippen LogP contribution in [0, 0.1) is 19.7 Å². The topological polar surface area (TPSA) is 66.4 Å². The zero-order valence-corrected chi connectivity index (χ0v) is 13.0. The van der Waals surface area contributed by atoms with Crippen LogP contribution < -0.4 is 5.32 Å². The van der Waals surface area contributed by atoms with Gasteiger partial charge in [0.25, 0.3) is 5.91 Å². The maximum absolute atomic E-state index is 12.9. The third kappa shape index (κ3) is 4.39. The molecule has 0 aliphatic carbocycles. The predicted molar refractivity (Wildman–Crippen MR) is 84.9 cm³/mol. The van der Waals surface area contributed by atoms with E-state index in [0.717, 1.165) is 28.8 Å². The number of hydrogen-bond acceptors (Lipinski definition) is 2. The van der Waals surface area contributed by atoms with Crippen molar-refractivity contribution in [3.05, 3.63) is 70.5 Å². The Balaban J connectivity index is 2.12. The van der Waals surface area contributed by atoms with Crippen LogP contribution >= 0.6 is 0 Å². The number of benzene rings is 2. The van der Waals surface area contributed by atoms with Crippen LogP contribution in [0.1, 0.15) is 27.0 Å². The van der Waals surface area contributed by atoms with Crippen molar-refractivity contribution in [3.8, 4) is 0 Å². The molecule has 0 bridgehead atoms. The normalized spacial score (nSPS) is 11.8. The highest BCUT2D eigenvalue weighted by atomic mass is 19.1. The largest absolute Gasteiger partial charge is 0.480 e. The first-order chi connectivity index (χ1) is 10.9. The molecule has 0 heterocycles. The van der Waals surface area contributed by atoms with Crippen molar-refractivity contribution in [3.63, 3.8) is 0 Å². The number of carboxylic acids is 1. The van der Waals surface area contributed by atoms with Crippen LogP contribution in [0.25, 0.3) is 0 Å². The van der Waals surface area contributed by atoms with Gasteiger partial charge in [0.1, 0.15) is 11.9 Å². The fourth-order valence-corrected chi connectivity index (χ4v) is 2.21. The van der Waals surface area contributed by atoms with Crippen LogP contribution in [-0.4, -0.2) is 23.0 Å². The highest BCUT2D eigenvalue weighted by molar-refractivity contribution is 5.96. The number of aliphatic carboxylic acids is 1. The molecule has 0 spiro atoms. The number of rotatable bonds is 5. The zero-order chi connectivity index (χ0) is 17.0. The number of aryl methyl sites for hydroxylation is 2. The van der Waals surface area contributed by atoms with E-state index in [-0.39, 0.29) is 12.0 Å². The lowest BCUT2D eigenvalue weighted by Crippen LogP contribution is -2.42. The Kier molecular flexibility index (Phi) is 5.11. The van der Waals surface area contributed by atoms with E-state index in [1.807, 2.05) is 32.0 Å². The van der Waals surface area contributed by atoms with Gasteiger partial charge in [-0.05, 0) is 54.8 Å². The lowest BCUT2D eigenvalue weighted by atomic mass is 10.0. The average molecular weight is 315 g/mol. The van der Waals surface area contributed by atoms with E-state index in [0.29, 0.717) is 0 Å². The van der Waals surface area contributed by atoms with Crippen LogP contribution in [0.4, 0.5) is 4.39 Å². The Bertz CT molecular complexity index is 726. The van der Waals surface area contributed by atoms with Gasteiger partial charge in [-0.15, -0.1) is 0 Å². The number of hydrogen-bond donors (Lipinski definition) is 2. The molecule has 0 unspecified atom stereocenters. The molecule has 5 heteroatoms. The Morgan fingerprint density at radius 2 is 1.74 bits per heavy atom. The van der Waals surface area contributed by atoms with Crippen LogP contribution in [0.15, 0.2) is 42.5 Å². The third-order valence-electron chi connectivity index (χ3n) is 3.72. The Labute approximate surface area is 134 Å². The van der Waals surface area contributed by atoms with E-state index in [2.05, 4.69) is 5.32 Å². The summed E-state index contributed by atoms with van der Waals surface area (Å²) in [5, 5.41) is 11.8. The average Bonchev–Trinajstić information content (AvgIpc) is 2.50. The van der Waals surface area contributed by atoms with E-state index < -0.39 is 23.7 Å². The van der Waals surface area contributed by atoms with Gasteiger partial charge in [0.15, 0.2) is 0 Å². The standard InChI is InChI=1S/C18H18FNO3/c1-11-3-4-13(9-12(11)2)10-16(18(22)23)20-17(21)14-5-7-15(19)8-6-14/h3-9,16H,10H2,1-2H3,(H,20,21)(H,22,23)/t16-/m1/s1. The molecule has 1 atom stereocenters. The van der Waals surface area contributed by atoms with E-state index in [9.17, 15) is 19.1 Å². The van der Waals surface area contributed by atoms with Gasteiger partial charge in [-0.2, -0.15) is 0 Å². The number of nitrogens with one attached hydrogen (secondary N) is 1. The van der Waals surface area contributed by atoms with Gasteiger partial charge in [0, 0.05) is 12.0 Å². The summed E-state index contributed by atoms with van der Waals surface area (Å²) in [6.07, 6.45) is 0.184. The predicted octanol–water partition coefficient (Wildman–Crippen LogP) is 2.87. The lowest BCUT2D eigenvalue weighted by molar-refractivity contribution is -0.139. The maximum Gasteiger partial charge on any atom is 0.326 e. The number of amides is 1. The second-order valence-electron chi connectivity index (χ2n) is 5.49. The van der Waals surface area contributed by atoms with Gasteiger partial charge in [-0.25, -0.2) is 9.18 Å². The molecule has 2 aromatic rings. The van der Waals surface area contributed by atoms with Crippen molar-refractivity contribution in [1.29, 1.82) is 0 Å². The molecule has 0 saturated carbocycles. The molecule has 2 aromatic carbocycles. The second-order valence-corrected chi connectivity index (χ2v) is 5.49. The fourth-order valence-electron chi connectivity index (χ4n) is 2.21. The Hall–Kier alpha value is -2.69. The molecule has 2 rings (SSSR count). The molecule has 0 saturated heterocycles. The summed E-state index contributed by atoms with van der Waals surface area (Å²) < 4.78 is 12.9. The van der Waals surface area contributed by atoms with Crippen molar-refractivity contribution in [1.82, 2.24) is 5.32 Å². The van der Waals surface area contributed by atoms with Crippen LogP contribution in [0.2, 0.25) is 0 Å². The van der Waals surface area contributed by atoms with E-state index in [4.69, 9.17) is 0 Å². The Morgan fingerprint density at radius 3 is 2.30 bits per heavy atom. The molecular weight excluding hydrogens is 297 g/mol. The van der Waals surface area contributed by atoms with Crippen molar-refractivity contribution in [2.24, 2.45) is 0 Å². The molecule has 23 heavy (non-hydrogen) atoms. The van der Waals surface area contributed by atoms with Crippen LogP contribution in [0.3, 0.4) is 0 Å². The molecule has 0 aliphatic rings. The quantitative estimate of drug-likeness (QED) is 0.891. The monoisotopic (exact) mass is 315 g/mol. The van der Waals surface area contributed by atoms with Crippen LogP contribution in [-0.2, 0) is 11.2 Å². The number of carboxylic acid groups (broad SMARTS) is 1. The van der Waals surface area contributed by atoms with Crippen molar-refractivity contribution < 1.29 is 19.1 Å². The molecule has 2 N–H and O–H groups in total. The minimum Gasteiger partial charge on any atom is -0.480 e. The second kappa shape index (κ2) is 7.05. The Morgan fingerprint density at radius 1 is 1.09 bits per heavy atom. The third-order valence-corrected chi connectivity index (χ3v) is 3.72. The summed E-state index contributed by atoms with van der Waals surface area (Å²) in [4.78, 5) is 23.5. The van der Waals surface area contributed by atoms with Crippen LogP contribution in [0.5, 0.6) is 0 Å². The minimum absolute atomic E-state index is 0.184. The van der Waals surface area contributed by atoms with Gasteiger partial charge in [0.05, 0.1) is 0 Å². The van der Waals surface area contributed by atoms with Gasteiger partial charge < -0.3 is 10.4 Å². The summed E-state index contributed by atoms with van der Waals surface area (Å²) in [5.41, 5.74) is 3.24. The smallest absolute Gasteiger partial charge is 0.326 e. The molecule has 4 nitrogen and oxygen atoms in total. The first-order valence-corrected chi connectivity index (χ1v) is 7.22. The molecule has 120 valence electrons. The molecule has 1 amide bonds. The summed E-state index contributed by atoms with van der Waals surface area (Å²) in [5.74, 6) is -2.11. The van der Waals surface area contributed by atoms with Gasteiger partial charge in [-0.3, -0.25) is 4.79 Å². The molecule has 0 aliphatic heterocycles. The first-order valence-electron chi connectivity index (χ1n) is 7.22. The molecule has 0 radical (unpaired) electrons. The summed E-state index contributed by atoms with van der Waals surface area (Å²) >= 11 is 0. The first kappa shape index (κ1) is 16.7. The summed E-state index contributed by atoms with van der Waals surface area (Å²) in [6, 6.07) is 9.60. The molecule has 0 fully saturated rings. The minimum atomic E-state index is -1.11. The van der Waals surface area contributed by atoms with Crippen molar-refractivity contribution >= 4 is 11.9 Å². The highest BCUT2D eigenvalue weighted by Crippen LogP contribution is 2.12. The van der Waals surface area contributed by atoms with Gasteiger partial charge in [-0.1, -0.05) is 18.2 Å². The summed E-state index contributed by atoms with van der Waals surface area (Å²) in [6.45, 7) is 3.93. The highest BCUT2D eigenvalue weighted by Gasteiger charge is 2.21. The maximum atomic E-state index is 12.9. The number of carbonyl (C=O) groups is 2. The van der Waals surface area contributed by atoms with Crippen molar-refractivity contribution in [2.45, 2.75) is 26.3 Å². The van der Waals surface area contributed by atoms with E-state index >= 15 is 0 Å². The van der Waals surface area contributed by atoms with Gasteiger partial charge >= 0.3 is 5.97 Å². The number of carbonyl (C=O) groups excluding carboxylic acids is 1. The van der Waals surface area contributed by atoms with Crippen molar-refractivity contribution in [2.75, 3.05) is 0 Å².